The fourth-order valence-corrected chi connectivity index (χ4v) is 5.08. The van der Waals surface area contributed by atoms with Gasteiger partial charge in [-0.1, -0.05) is 47.5 Å². The quantitative estimate of drug-likeness (QED) is 0.602. The van der Waals surface area contributed by atoms with E-state index in [9.17, 15) is 13.2 Å². The van der Waals surface area contributed by atoms with Crippen molar-refractivity contribution in [2.45, 2.75) is 26.1 Å². The molecular formula is C22H27Cl2N3O4S. The molecule has 0 unspecified atom stereocenters. The molecule has 1 aliphatic rings. The molecule has 1 N–H and O–H groups in total. The minimum Gasteiger partial charge on any atom is -0.379 e. The zero-order valence-corrected chi connectivity index (χ0v) is 20.4. The number of nitrogens with one attached hydrogen (secondary N) is 1. The number of halogens is 2. The predicted molar refractivity (Wildman–Crippen MR) is 128 cm³/mol. The highest BCUT2D eigenvalue weighted by atomic mass is 35.5. The van der Waals surface area contributed by atoms with Crippen molar-refractivity contribution < 1.29 is 17.9 Å². The average molecular weight is 500 g/mol. The first-order valence-electron chi connectivity index (χ1n) is 10.3. The van der Waals surface area contributed by atoms with E-state index in [0.717, 1.165) is 54.5 Å². The van der Waals surface area contributed by atoms with E-state index in [1.165, 1.54) is 25.1 Å². The van der Waals surface area contributed by atoms with Gasteiger partial charge in [-0.25, -0.2) is 8.42 Å². The number of ether oxygens (including phenoxy) is 1. The second-order valence-electron chi connectivity index (χ2n) is 7.76. The van der Waals surface area contributed by atoms with Gasteiger partial charge in [-0.05, 0) is 36.2 Å². The van der Waals surface area contributed by atoms with Crippen LogP contribution in [0.2, 0.25) is 10.0 Å². The molecule has 32 heavy (non-hydrogen) atoms. The van der Waals surface area contributed by atoms with E-state index in [-0.39, 0.29) is 10.7 Å². The minimum absolute atomic E-state index is 0.211. The van der Waals surface area contributed by atoms with E-state index in [1.54, 1.807) is 0 Å². The largest absolute Gasteiger partial charge is 0.379 e. The fourth-order valence-electron chi connectivity index (χ4n) is 3.62. The van der Waals surface area contributed by atoms with Crippen LogP contribution in [0.3, 0.4) is 0 Å². The van der Waals surface area contributed by atoms with E-state index in [1.807, 2.05) is 18.2 Å². The summed E-state index contributed by atoms with van der Waals surface area (Å²) in [4.78, 5) is 15.2. The van der Waals surface area contributed by atoms with Crippen LogP contribution in [0.1, 0.15) is 18.1 Å². The Morgan fingerprint density at radius 2 is 1.81 bits per heavy atom. The highest BCUT2D eigenvalue weighted by molar-refractivity contribution is 7.92. The summed E-state index contributed by atoms with van der Waals surface area (Å²) in [6.07, 6.45) is 1.05. The van der Waals surface area contributed by atoms with Gasteiger partial charge in [0.25, 0.3) is 0 Å². The summed E-state index contributed by atoms with van der Waals surface area (Å²) in [5.41, 5.74) is 2.37. The Hall–Kier alpha value is -1.84. The van der Waals surface area contributed by atoms with Gasteiger partial charge in [0.2, 0.25) is 15.9 Å². The number of hydrogen-bond acceptors (Lipinski definition) is 5. The Bertz CT molecular complexity index is 1060. The second-order valence-corrected chi connectivity index (χ2v) is 10.4. The van der Waals surface area contributed by atoms with Crippen LogP contribution in [0.15, 0.2) is 42.5 Å². The standard InChI is InChI=1S/C22H27Cl2N3O4S/c1-16(27(32(2,29)30)19-6-7-20(23)21(24)13-19)22(28)25-14-17-4-3-5-18(12-17)15-26-8-10-31-11-9-26/h3-7,12-13,16H,8-11,14-15H2,1-2H3,(H,25,28)/t16-/m0/s1. The van der Waals surface area contributed by atoms with Crippen LogP contribution in [0, 0.1) is 0 Å². The van der Waals surface area contributed by atoms with Crippen LogP contribution in [0.5, 0.6) is 0 Å². The van der Waals surface area contributed by atoms with Crippen LogP contribution in [0.4, 0.5) is 5.69 Å². The third kappa shape index (κ3) is 6.59. The van der Waals surface area contributed by atoms with Gasteiger partial charge >= 0.3 is 0 Å². The van der Waals surface area contributed by atoms with Gasteiger partial charge < -0.3 is 10.1 Å². The van der Waals surface area contributed by atoms with Gasteiger partial charge in [0, 0.05) is 26.2 Å². The first-order valence-corrected chi connectivity index (χ1v) is 12.9. The number of nitrogens with zero attached hydrogens (tertiary/aromatic N) is 2. The third-order valence-electron chi connectivity index (χ3n) is 5.21. The predicted octanol–water partition coefficient (Wildman–Crippen LogP) is 3.30. The number of hydrogen-bond donors (Lipinski definition) is 1. The molecule has 1 amide bonds. The lowest BCUT2D eigenvalue weighted by atomic mass is 10.1. The maximum atomic E-state index is 12.8. The van der Waals surface area contributed by atoms with Crippen molar-refractivity contribution in [2.24, 2.45) is 0 Å². The van der Waals surface area contributed by atoms with Crippen LogP contribution in [-0.2, 0) is 32.6 Å². The maximum absolute atomic E-state index is 12.8. The molecule has 2 aromatic carbocycles. The molecule has 1 atom stereocenters. The van der Waals surface area contributed by atoms with E-state index in [4.69, 9.17) is 27.9 Å². The molecule has 7 nitrogen and oxygen atoms in total. The maximum Gasteiger partial charge on any atom is 0.243 e. The van der Waals surface area contributed by atoms with Gasteiger partial charge in [-0.2, -0.15) is 0 Å². The van der Waals surface area contributed by atoms with E-state index in [2.05, 4.69) is 16.3 Å². The van der Waals surface area contributed by atoms with E-state index < -0.39 is 22.0 Å². The summed E-state index contributed by atoms with van der Waals surface area (Å²) >= 11 is 12.0. The highest BCUT2D eigenvalue weighted by Crippen LogP contribution is 2.29. The highest BCUT2D eigenvalue weighted by Gasteiger charge is 2.29. The molecule has 3 rings (SSSR count). The van der Waals surface area contributed by atoms with Crippen LogP contribution < -0.4 is 9.62 Å². The van der Waals surface area contributed by atoms with Crippen molar-refractivity contribution in [3.05, 3.63) is 63.6 Å². The number of anilines is 1. The summed E-state index contributed by atoms with van der Waals surface area (Å²) in [5.74, 6) is -0.417. The Kier molecular flexibility index (Phi) is 8.41. The first kappa shape index (κ1) is 24.8. The number of rotatable bonds is 8. The number of sulfonamides is 1. The first-order chi connectivity index (χ1) is 15.1. The normalized spacial score (nSPS) is 15.9. The molecule has 1 fully saturated rings. The van der Waals surface area contributed by atoms with Crippen molar-refractivity contribution in [1.82, 2.24) is 10.2 Å². The zero-order chi connectivity index (χ0) is 23.3. The van der Waals surface area contributed by atoms with E-state index >= 15 is 0 Å². The minimum atomic E-state index is -3.74. The summed E-state index contributed by atoms with van der Waals surface area (Å²) in [6.45, 7) is 5.92. The Morgan fingerprint density at radius 1 is 1.12 bits per heavy atom. The number of carbonyl (C=O) groups excluding carboxylic acids is 1. The van der Waals surface area contributed by atoms with Crippen molar-refractivity contribution in [2.75, 3.05) is 36.9 Å². The number of morpholine rings is 1. The number of benzene rings is 2. The molecule has 0 radical (unpaired) electrons. The lowest BCUT2D eigenvalue weighted by Crippen LogP contribution is -2.47. The number of amides is 1. The molecule has 1 saturated heterocycles. The molecule has 0 aromatic heterocycles. The van der Waals surface area contributed by atoms with Crippen LogP contribution in [-0.4, -0.2) is 57.8 Å². The summed E-state index contributed by atoms with van der Waals surface area (Å²) in [6, 6.07) is 11.5. The second kappa shape index (κ2) is 10.9. The van der Waals surface area contributed by atoms with Crippen LogP contribution in [0.25, 0.3) is 0 Å². The smallest absolute Gasteiger partial charge is 0.243 e. The molecule has 2 aromatic rings. The number of carbonyl (C=O) groups is 1. The fraction of sp³-hybridized carbons (Fsp3) is 0.409. The Morgan fingerprint density at radius 3 is 2.47 bits per heavy atom. The van der Waals surface area contributed by atoms with Gasteiger partial charge in [-0.15, -0.1) is 0 Å². The Balaban J connectivity index is 1.67. The SMILES string of the molecule is C[C@@H](C(=O)NCc1cccc(CN2CCOCC2)c1)N(c1ccc(Cl)c(Cl)c1)S(C)(=O)=O. The Labute approximate surface area is 199 Å². The molecule has 1 aliphatic heterocycles. The molecular weight excluding hydrogens is 473 g/mol. The lowest BCUT2D eigenvalue weighted by Gasteiger charge is -2.28. The van der Waals surface area contributed by atoms with Crippen molar-refractivity contribution in [1.29, 1.82) is 0 Å². The molecule has 1 heterocycles. The molecule has 174 valence electrons. The average Bonchev–Trinajstić information content (AvgIpc) is 2.74. The lowest BCUT2D eigenvalue weighted by molar-refractivity contribution is -0.122. The zero-order valence-electron chi connectivity index (χ0n) is 18.1. The topological polar surface area (TPSA) is 79.0 Å². The van der Waals surface area contributed by atoms with E-state index in [0.29, 0.717) is 11.6 Å². The molecule has 0 bridgehead atoms. The monoisotopic (exact) mass is 499 g/mol. The van der Waals surface area contributed by atoms with Gasteiger partial charge in [-0.3, -0.25) is 14.0 Å². The van der Waals surface area contributed by atoms with Gasteiger partial charge in [0.1, 0.15) is 6.04 Å². The van der Waals surface area contributed by atoms with Gasteiger partial charge in [0.05, 0.1) is 35.2 Å². The van der Waals surface area contributed by atoms with Crippen LogP contribution >= 0.6 is 23.2 Å². The summed E-state index contributed by atoms with van der Waals surface area (Å²) in [7, 11) is -3.74. The molecule has 0 spiro atoms. The van der Waals surface area contributed by atoms with Crippen molar-refractivity contribution in [3.8, 4) is 0 Å². The van der Waals surface area contributed by atoms with Crippen molar-refractivity contribution >= 4 is 44.8 Å². The van der Waals surface area contributed by atoms with Crippen molar-refractivity contribution in [3.63, 3.8) is 0 Å². The molecule has 10 heteroatoms. The van der Waals surface area contributed by atoms with Gasteiger partial charge in [0.15, 0.2) is 0 Å². The molecule has 0 saturated carbocycles. The molecule has 0 aliphatic carbocycles. The summed E-state index contributed by atoms with van der Waals surface area (Å²) < 4.78 is 31.3. The summed E-state index contributed by atoms with van der Waals surface area (Å²) in [5, 5.41) is 3.35. The third-order valence-corrected chi connectivity index (χ3v) is 7.19.